The Morgan fingerprint density at radius 3 is 1.60 bits per heavy atom. The fourth-order valence-electron chi connectivity index (χ4n) is 6.29. The van der Waals surface area contributed by atoms with Gasteiger partial charge in [0.1, 0.15) is 0 Å². The number of benzene rings is 7. The number of aromatic nitrogens is 1. The largest absolute Gasteiger partial charge is 0.264 e. The van der Waals surface area contributed by atoms with E-state index in [0.29, 0.717) is 0 Å². The van der Waals surface area contributed by atoms with Crippen LogP contribution in [0.2, 0.25) is 0 Å². The second kappa shape index (κ2) is 9.18. The second-order valence-electron chi connectivity index (χ2n) is 10.4. The molecule has 1 heteroatoms. The molecule has 0 aliphatic heterocycles. The Kier molecular flexibility index (Phi) is 5.21. The lowest BCUT2D eigenvalue weighted by atomic mass is 9.84. The zero-order valence-electron chi connectivity index (χ0n) is 21.9. The Hall–Kier alpha value is -5.27. The average molecular weight is 508 g/mol. The van der Waals surface area contributed by atoms with E-state index in [1.54, 1.807) is 0 Å². The van der Waals surface area contributed by atoms with Gasteiger partial charge in [0, 0.05) is 18.0 Å². The van der Waals surface area contributed by atoms with Gasteiger partial charge in [-0.05, 0) is 89.1 Å². The Morgan fingerprint density at radius 1 is 0.350 bits per heavy atom. The van der Waals surface area contributed by atoms with Crippen LogP contribution in [0.15, 0.2) is 152 Å². The molecule has 186 valence electrons. The summed E-state index contributed by atoms with van der Waals surface area (Å²) in [5.41, 5.74) is 7.41. The molecule has 0 unspecified atom stereocenters. The third-order valence-electron chi connectivity index (χ3n) is 8.11. The topological polar surface area (TPSA) is 12.9 Å². The fraction of sp³-hybridized carbons (Fsp3) is 0. The van der Waals surface area contributed by atoms with Crippen molar-refractivity contribution in [3.05, 3.63) is 152 Å². The molecular weight excluding hydrogens is 482 g/mol. The highest BCUT2D eigenvalue weighted by molar-refractivity contribution is 6.23. The number of hydrogen-bond donors (Lipinski definition) is 0. The maximum Gasteiger partial charge on any atom is 0.0346 e. The Balaban J connectivity index is 1.40. The van der Waals surface area contributed by atoms with Crippen molar-refractivity contribution in [3.8, 4) is 33.4 Å². The lowest BCUT2D eigenvalue weighted by Gasteiger charge is -2.19. The average Bonchev–Trinajstić information content (AvgIpc) is 3.03. The summed E-state index contributed by atoms with van der Waals surface area (Å²) in [6.07, 6.45) is 3.74. The molecule has 1 nitrogen and oxygen atoms in total. The van der Waals surface area contributed by atoms with Crippen molar-refractivity contribution in [2.24, 2.45) is 0 Å². The van der Waals surface area contributed by atoms with Crippen molar-refractivity contribution in [2.75, 3.05) is 0 Å². The van der Waals surface area contributed by atoms with Gasteiger partial charge in [0.25, 0.3) is 0 Å². The monoisotopic (exact) mass is 507 g/mol. The van der Waals surface area contributed by atoms with Crippen LogP contribution in [0, 0.1) is 0 Å². The van der Waals surface area contributed by atoms with Crippen LogP contribution in [0.4, 0.5) is 0 Å². The Bertz CT molecular complexity index is 2150. The second-order valence-corrected chi connectivity index (χ2v) is 10.4. The minimum Gasteiger partial charge on any atom is -0.264 e. The summed E-state index contributed by atoms with van der Waals surface area (Å²) < 4.78 is 0. The molecular formula is C39H25N. The van der Waals surface area contributed by atoms with Gasteiger partial charge in [-0.2, -0.15) is 0 Å². The van der Waals surface area contributed by atoms with Crippen LogP contribution in [0.5, 0.6) is 0 Å². The number of nitrogens with zero attached hydrogens (tertiary/aromatic N) is 1. The first-order valence-corrected chi connectivity index (χ1v) is 13.7. The first kappa shape index (κ1) is 22.7. The smallest absolute Gasteiger partial charge is 0.0346 e. The van der Waals surface area contributed by atoms with E-state index in [9.17, 15) is 0 Å². The van der Waals surface area contributed by atoms with E-state index in [4.69, 9.17) is 0 Å². The van der Waals surface area contributed by atoms with Crippen LogP contribution in [0.1, 0.15) is 0 Å². The highest BCUT2D eigenvalue weighted by atomic mass is 14.6. The summed E-state index contributed by atoms with van der Waals surface area (Å²) in [7, 11) is 0. The molecule has 0 N–H and O–H groups in total. The van der Waals surface area contributed by atoms with E-state index in [1.165, 1.54) is 70.9 Å². The predicted molar refractivity (Wildman–Crippen MR) is 171 cm³/mol. The predicted octanol–water partition coefficient (Wildman–Crippen LogP) is 10.7. The van der Waals surface area contributed by atoms with Crippen LogP contribution < -0.4 is 0 Å². The van der Waals surface area contributed by atoms with Gasteiger partial charge in [0.15, 0.2) is 0 Å². The highest BCUT2D eigenvalue weighted by Gasteiger charge is 2.18. The molecule has 0 saturated carbocycles. The van der Waals surface area contributed by atoms with E-state index < -0.39 is 0 Å². The van der Waals surface area contributed by atoms with Crippen molar-refractivity contribution < 1.29 is 0 Å². The third kappa shape index (κ3) is 3.60. The third-order valence-corrected chi connectivity index (χ3v) is 8.11. The molecule has 0 fully saturated rings. The summed E-state index contributed by atoms with van der Waals surface area (Å²) >= 11 is 0. The molecule has 0 amide bonds. The first-order chi connectivity index (χ1) is 19.8. The zero-order valence-corrected chi connectivity index (χ0v) is 21.9. The zero-order chi connectivity index (χ0) is 26.5. The van der Waals surface area contributed by atoms with Crippen molar-refractivity contribution in [1.82, 2.24) is 4.98 Å². The van der Waals surface area contributed by atoms with E-state index in [-0.39, 0.29) is 0 Å². The molecule has 0 aliphatic carbocycles. The van der Waals surface area contributed by atoms with Crippen molar-refractivity contribution in [1.29, 1.82) is 0 Å². The van der Waals surface area contributed by atoms with E-state index >= 15 is 0 Å². The lowest BCUT2D eigenvalue weighted by molar-refractivity contribution is 1.33. The van der Waals surface area contributed by atoms with Gasteiger partial charge in [-0.15, -0.1) is 0 Å². The van der Waals surface area contributed by atoms with Crippen LogP contribution in [-0.2, 0) is 0 Å². The molecule has 7 aromatic carbocycles. The quantitative estimate of drug-likeness (QED) is 0.217. The van der Waals surface area contributed by atoms with Gasteiger partial charge < -0.3 is 0 Å². The van der Waals surface area contributed by atoms with E-state index in [2.05, 4.69) is 138 Å². The standard InChI is InChI=1S/C39H25N/c1-2-12-32-26(9-1)10-7-17-33(32)39-36-15-5-3-13-34(36)38(35-14-4-6-16-37(35)39)30-21-20-27-23-29(19-18-28(27)24-30)31-11-8-22-40-25-31/h1-25H. The molecule has 40 heavy (non-hydrogen) atoms. The molecule has 0 saturated heterocycles. The van der Waals surface area contributed by atoms with Crippen LogP contribution >= 0.6 is 0 Å². The SMILES string of the molecule is c1cncc(-c2ccc3cc(-c4c5ccccc5c(-c5cccc6ccccc56)c5ccccc45)ccc3c2)c1. The molecule has 0 atom stereocenters. The van der Waals surface area contributed by atoms with Crippen molar-refractivity contribution >= 4 is 43.1 Å². The fourth-order valence-corrected chi connectivity index (χ4v) is 6.29. The number of fused-ring (bicyclic) bond motifs is 4. The lowest BCUT2D eigenvalue weighted by Crippen LogP contribution is -1.91. The minimum atomic E-state index is 1.13. The van der Waals surface area contributed by atoms with E-state index in [1.807, 2.05) is 18.5 Å². The van der Waals surface area contributed by atoms with Crippen LogP contribution in [0.25, 0.3) is 76.5 Å². The number of hydrogen-bond acceptors (Lipinski definition) is 1. The van der Waals surface area contributed by atoms with Gasteiger partial charge in [-0.25, -0.2) is 0 Å². The van der Waals surface area contributed by atoms with Crippen LogP contribution in [0.3, 0.4) is 0 Å². The maximum absolute atomic E-state index is 4.30. The van der Waals surface area contributed by atoms with Gasteiger partial charge in [-0.1, -0.05) is 121 Å². The Labute approximate surface area is 233 Å². The molecule has 0 radical (unpaired) electrons. The molecule has 1 heterocycles. The minimum absolute atomic E-state index is 1.13. The van der Waals surface area contributed by atoms with Crippen LogP contribution in [-0.4, -0.2) is 4.98 Å². The summed E-state index contributed by atoms with van der Waals surface area (Å²) in [6, 6.07) is 50.8. The van der Waals surface area contributed by atoms with E-state index in [0.717, 1.165) is 5.56 Å². The summed E-state index contributed by atoms with van der Waals surface area (Å²) in [6.45, 7) is 0. The van der Waals surface area contributed by atoms with Crippen molar-refractivity contribution in [2.45, 2.75) is 0 Å². The molecule has 8 rings (SSSR count). The first-order valence-electron chi connectivity index (χ1n) is 13.7. The normalized spacial score (nSPS) is 11.5. The highest BCUT2D eigenvalue weighted by Crippen LogP contribution is 2.45. The number of rotatable bonds is 3. The van der Waals surface area contributed by atoms with Gasteiger partial charge in [0.05, 0.1) is 0 Å². The Morgan fingerprint density at radius 2 is 0.925 bits per heavy atom. The molecule has 1 aromatic heterocycles. The number of pyridine rings is 1. The van der Waals surface area contributed by atoms with Gasteiger partial charge in [-0.3, -0.25) is 4.98 Å². The van der Waals surface area contributed by atoms with Crippen molar-refractivity contribution in [3.63, 3.8) is 0 Å². The summed E-state index contributed by atoms with van der Waals surface area (Å²) in [5, 5.41) is 10.1. The molecule has 0 aliphatic rings. The maximum atomic E-state index is 4.30. The summed E-state index contributed by atoms with van der Waals surface area (Å²) in [4.78, 5) is 4.30. The van der Waals surface area contributed by atoms with Gasteiger partial charge >= 0.3 is 0 Å². The summed E-state index contributed by atoms with van der Waals surface area (Å²) in [5.74, 6) is 0. The molecule has 0 spiro atoms. The molecule has 8 aromatic rings. The molecule has 0 bridgehead atoms. The van der Waals surface area contributed by atoms with Gasteiger partial charge in [0.2, 0.25) is 0 Å².